The lowest BCUT2D eigenvalue weighted by Crippen LogP contribution is -2.29. The summed E-state index contributed by atoms with van der Waals surface area (Å²) in [5.74, 6) is 0.392. The standard InChI is InChI=1S/C16H10BF2N4/c18-11-5-7-15(20-9-11)22-13-3-1-2-4-14(13)23(17-22)16-8-6-12(19)10-21-16/h1-10H. The quantitative estimate of drug-likeness (QED) is 0.677. The zero-order valence-corrected chi connectivity index (χ0v) is 11.9. The highest BCUT2D eigenvalue weighted by Gasteiger charge is 2.31. The normalized spacial score (nSPS) is 13.0. The van der Waals surface area contributed by atoms with E-state index >= 15 is 0 Å². The van der Waals surface area contributed by atoms with E-state index in [9.17, 15) is 8.78 Å². The molecular weight excluding hydrogens is 297 g/mol. The first-order valence-corrected chi connectivity index (χ1v) is 6.98. The van der Waals surface area contributed by atoms with Gasteiger partial charge in [-0.15, -0.1) is 0 Å². The largest absolute Gasteiger partial charge is 0.403 e. The van der Waals surface area contributed by atoms with Crippen LogP contribution in [0.3, 0.4) is 0 Å². The summed E-state index contributed by atoms with van der Waals surface area (Å²) in [7, 11) is 1.80. The van der Waals surface area contributed by atoms with Crippen molar-refractivity contribution in [3.05, 3.63) is 72.6 Å². The summed E-state index contributed by atoms with van der Waals surface area (Å²) in [6.45, 7) is 0. The first kappa shape index (κ1) is 13.7. The summed E-state index contributed by atoms with van der Waals surface area (Å²) in [4.78, 5) is 11.9. The molecule has 4 nitrogen and oxygen atoms in total. The van der Waals surface area contributed by atoms with Gasteiger partial charge in [0.1, 0.15) is 23.3 Å². The minimum Gasteiger partial charge on any atom is -0.351 e. The molecule has 0 N–H and O–H groups in total. The molecule has 1 aromatic carbocycles. The molecule has 1 aliphatic heterocycles. The van der Waals surface area contributed by atoms with E-state index < -0.39 is 11.6 Å². The highest BCUT2D eigenvalue weighted by atomic mass is 19.1. The number of benzene rings is 1. The molecule has 0 unspecified atom stereocenters. The molecule has 0 aliphatic carbocycles. The zero-order valence-electron chi connectivity index (χ0n) is 11.9. The Hall–Kier alpha value is -2.96. The van der Waals surface area contributed by atoms with Crippen LogP contribution >= 0.6 is 0 Å². The average molecular weight is 307 g/mol. The van der Waals surface area contributed by atoms with Crippen molar-refractivity contribution in [1.82, 2.24) is 9.97 Å². The van der Waals surface area contributed by atoms with Crippen molar-refractivity contribution in [1.29, 1.82) is 0 Å². The van der Waals surface area contributed by atoms with E-state index in [1.165, 1.54) is 24.5 Å². The lowest BCUT2D eigenvalue weighted by molar-refractivity contribution is 0.621. The first-order chi connectivity index (χ1) is 11.2. The summed E-state index contributed by atoms with van der Waals surface area (Å²) in [5.41, 5.74) is 1.77. The molecule has 0 saturated carbocycles. The lowest BCUT2D eigenvalue weighted by Gasteiger charge is -2.18. The van der Waals surface area contributed by atoms with E-state index in [0.29, 0.717) is 11.6 Å². The van der Waals surface area contributed by atoms with Crippen LogP contribution in [0.5, 0.6) is 0 Å². The van der Waals surface area contributed by atoms with Gasteiger partial charge in [-0.05, 0) is 36.4 Å². The molecule has 0 fully saturated rings. The summed E-state index contributed by atoms with van der Waals surface area (Å²) >= 11 is 0. The Kier molecular flexibility index (Phi) is 3.18. The lowest BCUT2D eigenvalue weighted by atomic mass is 10.1. The molecule has 0 spiro atoms. The molecule has 111 valence electrons. The summed E-state index contributed by atoms with van der Waals surface area (Å²) in [5, 5.41) is 0. The van der Waals surface area contributed by atoms with E-state index in [-0.39, 0.29) is 0 Å². The number of para-hydroxylation sites is 2. The molecule has 3 aromatic rings. The SMILES string of the molecule is Fc1ccc(N2[B]N(c3ccc(F)cn3)c3ccccc32)nc1. The third kappa shape index (κ3) is 2.40. The van der Waals surface area contributed by atoms with Gasteiger partial charge < -0.3 is 9.62 Å². The highest BCUT2D eigenvalue weighted by molar-refractivity contribution is 6.54. The molecule has 0 atom stereocenters. The fourth-order valence-electron chi connectivity index (χ4n) is 2.50. The van der Waals surface area contributed by atoms with Gasteiger partial charge in [-0.1, -0.05) is 12.1 Å². The fraction of sp³-hybridized carbons (Fsp3) is 0. The first-order valence-electron chi connectivity index (χ1n) is 6.98. The van der Waals surface area contributed by atoms with Crippen LogP contribution < -0.4 is 9.62 Å². The third-order valence-corrected chi connectivity index (χ3v) is 3.55. The summed E-state index contributed by atoms with van der Waals surface area (Å²) in [6, 6.07) is 13.6. The second kappa shape index (κ2) is 5.35. The Morgan fingerprint density at radius 1 is 0.696 bits per heavy atom. The van der Waals surface area contributed by atoms with E-state index in [1.54, 1.807) is 19.7 Å². The van der Waals surface area contributed by atoms with Crippen molar-refractivity contribution < 1.29 is 8.78 Å². The molecule has 2 aromatic heterocycles. The van der Waals surface area contributed by atoms with E-state index in [1.807, 2.05) is 33.9 Å². The van der Waals surface area contributed by atoms with Crippen molar-refractivity contribution >= 4 is 30.6 Å². The van der Waals surface area contributed by atoms with Crippen molar-refractivity contribution in [2.45, 2.75) is 0 Å². The third-order valence-electron chi connectivity index (χ3n) is 3.55. The Labute approximate surface area is 132 Å². The van der Waals surface area contributed by atoms with Crippen molar-refractivity contribution in [2.24, 2.45) is 0 Å². The molecule has 7 heteroatoms. The predicted molar refractivity (Wildman–Crippen MR) is 84.9 cm³/mol. The van der Waals surface area contributed by atoms with Gasteiger partial charge in [0.2, 0.25) is 0 Å². The highest BCUT2D eigenvalue weighted by Crippen LogP contribution is 2.41. The van der Waals surface area contributed by atoms with Crippen LogP contribution in [0.4, 0.5) is 31.8 Å². The van der Waals surface area contributed by atoms with Crippen LogP contribution in [-0.2, 0) is 0 Å². The predicted octanol–water partition coefficient (Wildman–Crippen LogP) is 3.58. The van der Waals surface area contributed by atoms with Crippen LogP contribution in [0.25, 0.3) is 0 Å². The van der Waals surface area contributed by atoms with E-state index in [4.69, 9.17) is 0 Å². The van der Waals surface area contributed by atoms with Crippen molar-refractivity contribution in [3.8, 4) is 0 Å². The maximum Gasteiger partial charge on any atom is 0.403 e. The van der Waals surface area contributed by atoms with Crippen molar-refractivity contribution in [3.63, 3.8) is 0 Å². The van der Waals surface area contributed by atoms with Gasteiger partial charge in [-0.25, -0.2) is 18.7 Å². The van der Waals surface area contributed by atoms with Gasteiger partial charge in [0, 0.05) is 0 Å². The molecule has 1 aliphatic rings. The minimum absolute atomic E-state index is 0.390. The maximum absolute atomic E-state index is 13.1. The van der Waals surface area contributed by atoms with Gasteiger partial charge in [-0.2, -0.15) is 0 Å². The van der Waals surface area contributed by atoms with Gasteiger partial charge in [0.05, 0.1) is 23.8 Å². The van der Waals surface area contributed by atoms with Gasteiger partial charge in [0.15, 0.2) is 0 Å². The molecule has 0 amide bonds. The molecule has 1 radical (unpaired) electrons. The van der Waals surface area contributed by atoms with Crippen LogP contribution in [0.15, 0.2) is 60.9 Å². The zero-order chi connectivity index (χ0) is 15.8. The number of halogens is 2. The number of hydrogen-bond donors (Lipinski definition) is 0. The molecule has 0 saturated heterocycles. The monoisotopic (exact) mass is 307 g/mol. The second-order valence-electron chi connectivity index (χ2n) is 5.01. The van der Waals surface area contributed by atoms with Gasteiger partial charge >= 0.3 is 7.55 Å². The van der Waals surface area contributed by atoms with Gasteiger partial charge in [0.25, 0.3) is 0 Å². The average Bonchev–Trinajstić information content (AvgIpc) is 2.96. The second-order valence-corrected chi connectivity index (χ2v) is 5.01. The molecule has 4 rings (SSSR count). The van der Waals surface area contributed by atoms with Crippen LogP contribution in [-0.4, -0.2) is 17.5 Å². The number of aromatic nitrogens is 2. The van der Waals surface area contributed by atoms with Gasteiger partial charge in [-0.3, -0.25) is 0 Å². The topological polar surface area (TPSA) is 32.3 Å². The number of fused-ring (bicyclic) bond motifs is 1. The Balaban J connectivity index is 1.77. The Morgan fingerprint density at radius 2 is 1.17 bits per heavy atom. The van der Waals surface area contributed by atoms with E-state index in [0.717, 1.165) is 11.4 Å². The Bertz CT molecular complexity index is 769. The fourth-order valence-corrected chi connectivity index (χ4v) is 2.50. The van der Waals surface area contributed by atoms with E-state index in [2.05, 4.69) is 9.97 Å². The van der Waals surface area contributed by atoms with Crippen LogP contribution in [0.2, 0.25) is 0 Å². The van der Waals surface area contributed by atoms with Crippen molar-refractivity contribution in [2.75, 3.05) is 9.62 Å². The number of nitrogens with zero attached hydrogens (tertiary/aromatic N) is 4. The number of pyridine rings is 2. The van der Waals surface area contributed by atoms with Crippen LogP contribution in [0, 0.1) is 11.6 Å². The smallest absolute Gasteiger partial charge is 0.351 e. The number of anilines is 4. The summed E-state index contributed by atoms with van der Waals surface area (Å²) in [6.07, 6.45) is 2.34. The van der Waals surface area contributed by atoms with Crippen LogP contribution in [0.1, 0.15) is 0 Å². The minimum atomic E-state index is -0.390. The summed E-state index contributed by atoms with van der Waals surface area (Å²) < 4.78 is 26.2. The molecular formula is C16H10BF2N4. The number of rotatable bonds is 2. The molecule has 23 heavy (non-hydrogen) atoms. The Morgan fingerprint density at radius 3 is 1.57 bits per heavy atom. The maximum atomic E-state index is 13.1. The molecule has 3 heterocycles. The molecule has 0 bridgehead atoms. The number of hydrogen-bond acceptors (Lipinski definition) is 4.